The first-order chi connectivity index (χ1) is 9.95. The molecule has 0 unspecified atom stereocenters. The van der Waals surface area contributed by atoms with Gasteiger partial charge in [0.1, 0.15) is 0 Å². The fourth-order valence-corrected chi connectivity index (χ4v) is 5.08. The standard InChI is InChI=1S/C16H24N2O2S/c1-13(2)8-17-9-15-10-18(11-16(15)17)21(19,20)12-14-6-4-3-5-7-14/h3-7,13,15-16H,8-12H2,1-2H3/t15-,16-/m0/s1. The topological polar surface area (TPSA) is 40.6 Å². The number of likely N-dealkylation sites (tertiary alicyclic amines) is 1. The Morgan fingerprint density at radius 3 is 2.52 bits per heavy atom. The summed E-state index contributed by atoms with van der Waals surface area (Å²) in [5.41, 5.74) is 0.871. The van der Waals surface area contributed by atoms with Gasteiger partial charge in [0.2, 0.25) is 10.0 Å². The van der Waals surface area contributed by atoms with Gasteiger partial charge in [0.15, 0.2) is 0 Å². The van der Waals surface area contributed by atoms with Gasteiger partial charge in [-0.25, -0.2) is 8.42 Å². The van der Waals surface area contributed by atoms with Crippen LogP contribution in [0.2, 0.25) is 0 Å². The molecule has 2 heterocycles. The zero-order chi connectivity index (χ0) is 15.0. The molecule has 0 saturated carbocycles. The van der Waals surface area contributed by atoms with E-state index in [1.165, 1.54) is 0 Å². The van der Waals surface area contributed by atoms with Crippen molar-refractivity contribution in [1.29, 1.82) is 0 Å². The van der Waals surface area contributed by atoms with E-state index < -0.39 is 10.0 Å². The molecule has 21 heavy (non-hydrogen) atoms. The lowest BCUT2D eigenvalue weighted by Crippen LogP contribution is -2.56. The molecule has 0 amide bonds. The molecule has 1 aromatic rings. The number of sulfonamides is 1. The predicted octanol–water partition coefficient (Wildman–Crippen LogP) is 1.79. The molecule has 0 aromatic heterocycles. The van der Waals surface area contributed by atoms with Crippen molar-refractivity contribution < 1.29 is 8.42 Å². The van der Waals surface area contributed by atoms with Crippen LogP contribution in [0.15, 0.2) is 30.3 Å². The van der Waals surface area contributed by atoms with Crippen LogP contribution in [-0.4, -0.2) is 49.8 Å². The maximum atomic E-state index is 12.6. The van der Waals surface area contributed by atoms with Crippen LogP contribution in [0.25, 0.3) is 0 Å². The summed E-state index contributed by atoms with van der Waals surface area (Å²) < 4.78 is 26.8. The van der Waals surface area contributed by atoms with Crippen molar-refractivity contribution in [2.75, 3.05) is 26.2 Å². The van der Waals surface area contributed by atoms with Crippen molar-refractivity contribution >= 4 is 10.0 Å². The largest absolute Gasteiger partial charge is 0.298 e. The average molecular weight is 308 g/mol. The van der Waals surface area contributed by atoms with Gasteiger partial charge < -0.3 is 0 Å². The third-order valence-corrected chi connectivity index (χ3v) is 6.28. The molecule has 0 spiro atoms. The number of benzene rings is 1. The Kier molecular flexibility index (Phi) is 4.08. The summed E-state index contributed by atoms with van der Waals surface area (Å²) in [5.74, 6) is 1.30. The Bertz CT molecular complexity index is 586. The quantitative estimate of drug-likeness (QED) is 0.832. The maximum absolute atomic E-state index is 12.6. The minimum Gasteiger partial charge on any atom is -0.298 e. The van der Waals surface area contributed by atoms with E-state index in [0.717, 1.165) is 18.7 Å². The summed E-state index contributed by atoms with van der Waals surface area (Å²) in [6.07, 6.45) is 0. The van der Waals surface area contributed by atoms with Crippen molar-refractivity contribution in [2.45, 2.75) is 25.6 Å². The van der Waals surface area contributed by atoms with Crippen LogP contribution in [0.5, 0.6) is 0 Å². The Hall–Kier alpha value is -0.910. The zero-order valence-corrected chi connectivity index (χ0v) is 13.6. The van der Waals surface area contributed by atoms with Gasteiger partial charge in [-0.1, -0.05) is 44.2 Å². The van der Waals surface area contributed by atoms with Crippen LogP contribution in [0.4, 0.5) is 0 Å². The third-order valence-electron chi connectivity index (χ3n) is 4.50. The minimum atomic E-state index is -3.18. The molecule has 4 nitrogen and oxygen atoms in total. The van der Waals surface area contributed by atoms with Crippen molar-refractivity contribution in [3.05, 3.63) is 35.9 Å². The van der Waals surface area contributed by atoms with Gasteiger partial charge in [-0.15, -0.1) is 0 Å². The molecule has 116 valence electrons. The van der Waals surface area contributed by atoms with E-state index in [9.17, 15) is 8.42 Å². The van der Waals surface area contributed by atoms with Crippen molar-refractivity contribution in [3.8, 4) is 0 Å². The lowest BCUT2D eigenvalue weighted by atomic mass is 9.91. The first kappa shape index (κ1) is 15.0. The molecule has 0 radical (unpaired) electrons. The van der Waals surface area contributed by atoms with Crippen LogP contribution in [0.3, 0.4) is 0 Å². The molecule has 0 aliphatic carbocycles. The fourth-order valence-electron chi connectivity index (χ4n) is 3.49. The summed E-state index contributed by atoms with van der Waals surface area (Å²) >= 11 is 0. The Morgan fingerprint density at radius 1 is 1.14 bits per heavy atom. The summed E-state index contributed by atoms with van der Waals surface area (Å²) in [7, 11) is -3.18. The molecular weight excluding hydrogens is 284 g/mol. The highest BCUT2D eigenvalue weighted by atomic mass is 32.2. The van der Waals surface area contributed by atoms with E-state index in [4.69, 9.17) is 0 Å². The molecule has 5 heteroatoms. The van der Waals surface area contributed by atoms with Gasteiger partial charge in [-0.2, -0.15) is 4.31 Å². The molecule has 0 N–H and O–H groups in total. The van der Waals surface area contributed by atoms with Crippen molar-refractivity contribution in [1.82, 2.24) is 9.21 Å². The number of hydrogen-bond acceptors (Lipinski definition) is 3. The number of hydrogen-bond donors (Lipinski definition) is 0. The van der Waals surface area contributed by atoms with Crippen LogP contribution in [0.1, 0.15) is 19.4 Å². The fraction of sp³-hybridized carbons (Fsp3) is 0.625. The Balaban J connectivity index is 1.63. The normalized spacial score (nSPS) is 26.8. The van der Waals surface area contributed by atoms with Gasteiger partial charge in [0.05, 0.1) is 5.75 Å². The zero-order valence-electron chi connectivity index (χ0n) is 12.8. The second-order valence-corrected chi connectivity index (χ2v) is 8.70. The smallest absolute Gasteiger partial charge is 0.218 e. The second kappa shape index (κ2) is 5.71. The van der Waals surface area contributed by atoms with E-state index in [-0.39, 0.29) is 5.75 Å². The van der Waals surface area contributed by atoms with Gasteiger partial charge >= 0.3 is 0 Å². The van der Waals surface area contributed by atoms with Gasteiger partial charge in [0, 0.05) is 38.1 Å². The van der Waals surface area contributed by atoms with Crippen LogP contribution in [0, 0.1) is 11.8 Å². The van der Waals surface area contributed by atoms with E-state index in [0.29, 0.717) is 31.0 Å². The highest BCUT2D eigenvalue weighted by Gasteiger charge is 2.48. The van der Waals surface area contributed by atoms with Crippen molar-refractivity contribution in [3.63, 3.8) is 0 Å². The number of rotatable bonds is 5. The Morgan fingerprint density at radius 2 is 1.86 bits per heavy atom. The molecule has 2 atom stereocenters. The lowest BCUT2D eigenvalue weighted by Gasteiger charge is -2.44. The first-order valence-corrected chi connectivity index (χ1v) is 9.32. The molecule has 2 aliphatic rings. The molecule has 2 saturated heterocycles. The monoisotopic (exact) mass is 308 g/mol. The van der Waals surface area contributed by atoms with E-state index in [2.05, 4.69) is 18.7 Å². The van der Waals surface area contributed by atoms with E-state index in [1.807, 2.05) is 30.3 Å². The predicted molar refractivity (Wildman–Crippen MR) is 84.3 cm³/mol. The third kappa shape index (κ3) is 3.15. The minimum absolute atomic E-state index is 0.122. The van der Waals surface area contributed by atoms with Gasteiger partial charge in [-0.3, -0.25) is 4.90 Å². The molecular formula is C16H24N2O2S. The maximum Gasteiger partial charge on any atom is 0.218 e. The number of nitrogens with zero attached hydrogens (tertiary/aromatic N) is 2. The van der Waals surface area contributed by atoms with Crippen LogP contribution >= 0.6 is 0 Å². The Labute approximate surface area is 127 Å². The molecule has 3 rings (SSSR count). The molecule has 2 aliphatic heterocycles. The highest BCUT2D eigenvalue weighted by molar-refractivity contribution is 7.88. The average Bonchev–Trinajstić information content (AvgIpc) is 2.75. The highest BCUT2D eigenvalue weighted by Crippen LogP contribution is 2.34. The van der Waals surface area contributed by atoms with E-state index in [1.54, 1.807) is 4.31 Å². The molecule has 2 fully saturated rings. The molecule has 1 aromatic carbocycles. The second-order valence-electron chi connectivity index (χ2n) is 6.73. The summed E-state index contributed by atoms with van der Waals surface area (Å²) in [6.45, 7) is 7.94. The number of fused-ring (bicyclic) bond motifs is 1. The lowest BCUT2D eigenvalue weighted by molar-refractivity contribution is 0.0403. The summed E-state index contributed by atoms with van der Waals surface area (Å²) in [6, 6.07) is 9.90. The van der Waals surface area contributed by atoms with Crippen LogP contribution in [-0.2, 0) is 15.8 Å². The molecule has 0 bridgehead atoms. The van der Waals surface area contributed by atoms with Gasteiger partial charge in [0.25, 0.3) is 0 Å². The summed E-state index contributed by atoms with van der Waals surface area (Å²) in [5, 5.41) is 0. The SMILES string of the molecule is CC(C)CN1C[C@H]2CN(S(=O)(=O)Cc3ccccc3)C[C@@H]21. The van der Waals surface area contributed by atoms with Crippen LogP contribution < -0.4 is 0 Å². The van der Waals surface area contributed by atoms with E-state index >= 15 is 0 Å². The first-order valence-electron chi connectivity index (χ1n) is 7.71. The van der Waals surface area contributed by atoms with Crippen molar-refractivity contribution in [2.24, 2.45) is 11.8 Å². The summed E-state index contributed by atoms with van der Waals surface area (Å²) in [4.78, 5) is 2.44. The van der Waals surface area contributed by atoms with Gasteiger partial charge in [-0.05, 0) is 11.5 Å².